The molecule has 0 saturated carbocycles. The maximum Gasteiger partial charge on any atom is 0.263 e. The Labute approximate surface area is 297 Å². The smallest absolute Gasteiger partial charge is 0.263 e. The zero-order valence-electron chi connectivity index (χ0n) is 28.8. The summed E-state index contributed by atoms with van der Waals surface area (Å²) < 4.78 is 2.24. The number of para-hydroxylation sites is 2. The van der Waals surface area contributed by atoms with Crippen molar-refractivity contribution in [3.63, 3.8) is 0 Å². The van der Waals surface area contributed by atoms with Gasteiger partial charge in [0, 0.05) is 27.5 Å². The van der Waals surface area contributed by atoms with Crippen LogP contribution in [0.15, 0.2) is 152 Å². The van der Waals surface area contributed by atoms with Gasteiger partial charge in [-0.1, -0.05) is 139 Å². The third kappa shape index (κ3) is 4.75. The molecule has 1 atom stereocenters. The van der Waals surface area contributed by atoms with E-state index in [9.17, 15) is 5.11 Å². The number of fused-ring (bicyclic) bond motifs is 4. The van der Waals surface area contributed by atoms with Crippen LogP contribution in [0.4, 0.5) is 5.69 Å². The predicted octanol–water partition coefficient (Wildman–Crippen LogP) is 11.4. The monoisotopic (exact) mass is 660 g/mol. The van der Waals surface area contributed by atoms with Gasteiger partial charge in [-0.05, 0) is 72.4 Å². The van der Waals surface area contributed by atoms with E-state index in [0.29, 0.717) is 16.8 Å². The molecule has 8 aromatic rings. The molecular formula is C47H36N2O2. The summed E-state index contributed by atoms with van der Waals surface area (Å²) in [5, 5.41) is 14.4. The molecule has 1 aliphatic rings. The van der Waals surface area contributed by atoms with E-state index in [2.05, 4.69) is 104 Å². The lowest BCUT2D eigenvalue weighted by molar-refractivity contribution is 0.0935. The number of benzene rings is 7. The minimum atomic E-state index is -1.17. The molecule has 1 aromatic heterocycles. The van der Waals surface area contributed by atoms with Crippen LogP contribution in [-0.2, 0) is 0 Å². The van der Waals surface area contributed by atoms with Gasteiger partial charge in [0.25, 0.3) is 5.91 Å². The minimum absolute atomic E-state index is 0.235. The van der Waals surface area contributed by atoms with E-state index in [1.165, 1.54) is 22.3 Å². The highest BCUT2D eigenvalue weighted by Gasteiger charge is 2.40. The van der Waals surface area contributed by atoms with Crippen LogP contribution >= 0.6 is 0 Å². The van der Waals surface area contributed by atoms with Crippen LogP contribution in [0.1, 0.15) is 38.8 Å². The summed E-state index contributed by atoms with van der Waals surface area (Å²) in [5.74, 6) is -0.235. The summed E-state index contributed by atoms with van der Waals surface area (Å²) in [5.41, 5.74) is 14.4. The van der Waals surface area contributed by atoms with Crippen molar-refractivity contribution in [2.75, 3.05) is 4.90 Å². The first-order chi connectivity index (χ1) is 24.9. The Morgan fingerprint density at radius 1 is 0.529 bits per heavy atom. The normalized spacial score (nSPS) is 14.1. The summed E-state index contributed by atoms with van der Waals surface area (Å²) in [7, 11) is 0. The van der Waals surface area contributed by atoms with E-state index in [-0.39, 0.29) is 5.91 Å². The average Bonchev–Trinajstić information content (AvgIpc) is 3.62. The van der Waals surface area contributed by atoms with Gasteiger partial charge in [0.2, 0.25) is 0 Å². The van der Waals surface area contributed by atoms with Crippen LogP contribution in [0, 0.1) is 20.8 Å². The summed E-state index contributed by atoms with van der Waals surface area (Å²) in [6.45, 7) is 6.48. The molecule has 246 valence electrons. The molecular weight excluding hydrogens is 625 g/mol. The van der Waals surface area contributed by atoms with Gasteiger partial charge >= 0.3 is 0 Å². The fourth-order valence-corrected chi connectivity index (χ4v) is 8.39. The largest absolute Gasteiger partial charge is 0.369 e. The summed E-state index contributed by atoms with van der Waals surface area (Å²) in [6.07, 6.45) is -1.17. The van der Waals surface area contributed by atoms with Crippen molar-refractivity contribution in [1.82, 2.24) is 4.57 Å². The summed E-state index contributed by atoms with van der Waals surface area (Å²) in [6, 6.07) is 51.6. The quantitative estimate of drug-likeness (QED) is 0.200. The van der Waals surface area contributed by atoms with Crippen molar-refractivity contribution < 1.29 is 9.90 Å². The van der Waals surface area contributed by atoms with Gasteiger partial charge in [-0.2, -0.15) is 0 Å². The highest BCUT2D eigenvalue weighted by atomic mass is 16.3. The van der Waals surface area contributed by atoms with Crippen LogP contribution in [0.3, 0.4) is 0 Å². The molecule has 9 rings (SSSR count). The maximum absolute atomic E-state index is 15.1. The van der Waals surface area contributed by atoms with Crippen molar-refractivity contribution >= 4 is 33.4 Å². The molecule has 0 bridgehead atoms. The van der Waals surface area contributed by atoms with Gasteiger partial charge in [0.1, 0.15) is 0 Å². The van der Waals surface area contributed by atoms with Gasteiger partial charge in [-0.25, -0.2) is 0 Å². The Kier molecular flexibility index (Phi) is 7.23. The molecule has 0 aliphatic carbocycles. The second-order valence-electron chi connectivity index (χ2n) is 13.5. The van der Waals surface area contributed by atoms with Crippen LogP contribution in [0.25, 0.3) is 60.9 Å². The standard InChI is InChI=1S/C47H36N2O2/c1-29-27-30(2)42(31(3)28-29)37-22-12-21-36-35-19-10-11-24-39(35)48(45(36)37)41-26-14-23-38-44(41)47(51)49(46(38)50)40-25-13-20-34(32-15-6-4-7-16-32)43(40)33-17-8-5-9-18-33/h4-28,46,50H,1-3H3. The van der Waals surface area contributed by atoms with Gasteiger partial charge in [-0.3, -0.25) is 9.69 Å². The Hall–Kier alpha value is -6.23. The maximum atomic E-state index is 15.1. The second-order valence-corrected chi connectivity index (χ2v) is 13.5. The molecule has 2 heterocycles. The van der Waals surface area contributed by atoms with E-state index < -0.39 is 6.23 Å². The van der Waals surface area contributed by atoms with Gasteiger partial charge < -0.3 is 9.67 Å². The molecule has 0 saturated heterocycles. The molecule has 1 unspecified atom stereocenters. The number of anilines is 1. The molecule has 1 amide bonds. The van der Waals surface area contributed by atoms with Crippen molar-refractivity contribution in [3.8, 4) is 39.1 Å². The fraction of sp³-hybridized carbons (Fsp3) is 0.0851. The topological polar surface area (TPSA) is 45.5 Å². The van der Waals surface area contributed by atoms with E-state index in [1.807, 2.05) is 72.8 Å². The zero-order valence-corrected chi connectivity index (χ0v) is 28.8. The molecule has 7 aromatic carbocycles. The second kappa shape index (κ2) is 12.0. The Morgan fingerprint density at radius 3 is 1.86 bits per heavy atom. The number of aliphatic hydroxyl groups excluding tert-OH is 1. The van der Waals surface area contributed by atoms with E-state index in [1.54, 1.807) is 4.90 Å². The van der Waals surface area contributed by atoms with Crippen molar-refractivity contribution in [3.05, 3.63) is 179 Å². The number of rotatable bonds is 5. The molecule has 4 heteroatoms. The van der Waals surface area contributed by atoms with Crippen molar-refractivity contribution in [1.29, 1.82) is 0 Å². The SMILES string of the molecule is Cc1cc(C)c(-c2cccc3c4ccccc4n(-c4cccc5c4C(=O)N(c4cccc(-c6ccccc6)c4-c4ccccc4)C5O)c23)c(C)c1. The van der Waals surface area contributed by atoms with Gasteiger partial charge in [0.15, 0.2) is 6.23 Å². The molecule has 51 heavy (non-hydrogen) atoms. The first kappa shape index (κ1) is 30.8. The number of carbonyl (C=O) groups is 1. The Bertz CT molecular complexity index is 2630. The number of carbonyl (C=O) groups excluding carboxylic acids is 1. The summed E-state index contributed by atoms with van der Waals surface area (Å²) >= 11 is 0. The lowest BCUT2D eigenvalue weighted by Gasteiger charge is -2.26. The van der Waals surface area contributed by atoms with E-state index in [4.69, 9.17) is 0 Å². The highest BCUT2D eigenvalue weighted by Crippen LogP contribution is 2.48. The van der Waals surface area contributed by atoms with Crippen LogP contribution in [-0.4, -0.2) is 15.6 Å². The number of hydrogen-bond acceptors (Lipinski definition) is 2. The number of aryl methyl sites for hydroxylation is 3. The van der Waals surface area contributed by atoms with E-state index >= 15 is 4.79 Å². The number of aromatic nitrogens is 1. The van der Waals surface area contributed by atoms with Crippen LogP contribution in [0.5, 0.6) is 0 Å². The van der Waals surface area contributed by atoms with Crippen molar-refractivity contribution in [2.24, 2.45) is 0 Å². The number of amides is 1. The first-order valence-corrected chi connectivity index (χ1v) is 17.4. The minimum Gasteiger partial charge on any atom is -0.369 e. The third-order valence-corrected chi connectivity index (χ3v) is 10.4. The molecule has 1 N–H and O–H groups in total. The molecule has 0 fully saturated rings. The first-order valence-electron chi connectivity index (χ1n) is 17.4. The Balaban J connectivity index is 1.30. The summed E-state index contributed by atoms with van der Waals surface area (Å²) in [4.78, 5) is 16.7. The highest BCUT2D eigenvalue weighted by molar-refractivity contribution is 6.18. The van der Waals surface area contributed by atoms with Crippen LogP contribution in [0.2, 0.25) is 0 Å². The van der Waals surface area contributed by atoms with E-state index in [0.717, 1.165) is 55.3 Å². The van der Waals surface area contributed by atoms with Crippen LogP contribution < -0.4 is 4.90 Å². The van der Waals surface area contributed by atoms with Gasteiger partial charge in [-0.15, -0.1) is 0 Å². The number of nitrogens with zero attached hydrogens (tertiary/aromatic N) is 2. The Morgan fingerprint density at radius 2 is 1.12 bits per heavy atom. The predicted molar refractivity (Wildman–Crippen MR) is 210 cm³/mol. The van der Waals surface area contributed by atoms with Gasteiger partial charge in [0.05, 0.1) is 28.0 Å². The number of hydrogen-bond donors (Lipinski definition) is 1. The lowest BCUT2D eigenvalue weighted by Crippen LogP contribution is -2.28. The molecule has 4 nitrogen and oxygen atoms in total. The number of aliphatic hydroxyl groups is 1. The molecule has 1 aliphatic heterocycles. The lowest BCUT2D eigenvalue weighted by atomic mass is 9.92. The molecule has 0 radical (unpaired) electrons. The average molecular weight is 661 g/mol. The zero-order chi connectivity index (χ0) is 34.8. The van der Waals surface area contributed by atoms with Crippen molar-refractivity contribution in [2.45, 2.75) is 27.0 Å². The third-order valence-electron chi connectivity index (χ3n) is 10.4. The molecule has 0 spiro atoms. The fourth-order valence-electron chi connectivity index (χ4n) is 8.39.